The maximum atomic E-state index is 9.77. The van der Waals surface area contributed by atoms with Gasteiger partial charge in [0.15, 0.2) is 11.5 Å². The van der Waals surface area contributed by atoms with Crippen LogP contribution in [0.25, 0.3) is 0 Å². The lowest BCUT2D eigenvalue weighted by molar-refractivity contribution is 0.148. The molecular weight excluding hydrogens is 242 g/mol. The smallest absolute Gasteiger partial charge is 0.161 e. The number of aliphatic hydroxyl groups is 1. The number of hydrogen-bond donors (Lipinski definition) is 2. The molecule has 4 nitrogen and oxygen atoms in total. The van der Waals surface area contributed by atoms with Crippen LogP contribution >= 0.6 is 0 Å². The van der Waals surface area contributed by atoms with Gasteiger partial charge in [0.05, 0.1) is 19.8 Å². The Balaban J connectivity index is 1.85. The topological polar surface area (TPSA) is 50.7 Å². The van der Waals surface area contributed by atoms with E-state index in [0.29, 0.717) is 19.1 Å². The van der Waals surface area contributed by atoms with Crippen molar-refractivity contribution in [3.63, 3.8) is 0 Å². The summed E-state index contributed by atoms with van der Waals surface area (Å²) in [5.74, 6) is 2.04. The molecule has 19 heavy (non-hydrogen) atoms. The van der Waals surface area contributed by atoms with E-state index in [1.54, 1.807) is 7.11 Å². The first-order valence-electron chi connectivity index (χ1n) is 6.93. The minimum Gasteiger partial charge on any atom is -0.493 e. The van der Waals surface area contributed by atoms with Gasteiger partial charge in [-0.1, -0.05) is 6.07 Å². The predicted octanol–water partition coefficient (Wildman–Crippen LogP) is 1.95. The van der Waals surface area contributed by atoms with Gasteiger partial charge in [-0.15, -0.1) is 0 Å². The van der Waals surface area contributed by atoms with Gasteiger partial charge in [0.25, 0.3) is 0 Å². The van der Waals surface area contributed by atoms with Crippen LogP contribution < -0.4 is 14.8 Å². The highest BCUT2D eigenvalue weighted by molar-refractivity contribution is 5.42. The standard InChI is InChI=1S/C15H23NO3/c1-3-19-14-7-4-11(8-15(14)18-2)9-16-10-13(17)12-5-6-12/h4,7-8,12-13,16-17H,3,5-6,9-10H2,1-2H3. The number of methoxy groups -OCH3 is 1. The first-order chi connectivity index (χ1) is 9.24. The fourth-order valence-corrected chi connectivity index (χ4v) is 2.11. The SMILES string of the molecule is CCOc1ccc(CNCC(O)C2CC2)cc1OC. The van der Waals surface area contributed by atoms with Crippen molar-refractivity contribution in [1.29, 1.82) is 0 Å². The minimum absolute atomic E-state index is 0.204. The summed E-state index contributed by atoms with van der Waals surface area (Å²) in [7, 11) is 1.64. The Kier molecular flexibility index (Phi) is 5.05. The molecule has 1 saturated carbocycles. The van der Waals surface area contributed by atoms with E-state index in [1.165, 1.54) is 12.8 Å². The van der Waals surface area contributed by atoms with Gasteiger partial charge in [-0.25, -0.2) is 0 Å². The fraction of sp³-hybridized carbons (Fsp3) is 0.600. The second kappa shape index (κ2) is 6.78. The van der Waals surface area contributed by atoms with Crippen molar-refractivity contribution in [3.05, 3.63) is 23.8 Å². The molecule has 106 valence electrons. The average molecular weight is 265 g/mol. The molecule has 1 aliphatic carbocycles. The summed E-state index contributed by atoms with van der Waals surface area (Å²) >= 11 is 0. The number of aliphatic hydroxyl groups excluding tert-OH is 1. The van der Waals surface area contributed by atoms with Gasteiger partial charge in [-0.05, 0) is 43.4 Å². The average Bonchev–Trinajstić information content (AvgIpc) is 3.25. The van der Waals surface area contributed by atoms with Gasteiger partial charge >= 0.3 is 0 Å². The van der Waals surface area contributed by atoms with E-state index in [4.69, 9.17) is 9.47 Å². The van der Waals surface area contributed by atoms with E-state index in [2.05, 4.69) is 5.32 Å². The molecule has 0 saturated heterocycles. The van der Waals surface area contributed by atoms with E-state index in [0.717, 1.165) is 23.6 Å². The van der Waals surface area contributed by atoms with Gasteiger partial charge in [-0.2, -0.15) is 0 Å². The van der Waals surface area contributed by atoms with Crippen LogP contribution in [0.3, 0.4) is 0 Å². The van der Waals surface area contributed by atoms with Gasteiger partial charge in [0.2, 0.25) is 0 Å². The molecule has 0 radical (unpaired) electrons. The highest BCUT2D eigenvalue weighted by Gasteiger charge is 2.29. The lowest BCUT2D eigenvalue weighted by Crippen LogP contribution is -2.27. The van der Waals surface area contributed by atoms with Crippen LogP contribution in [0.2, 0.25) is 0 Å². The van der Waals surface area contributed by atoms with Gasteiger partial charge in [-0.3, -0.25) is 0 Å². The summed E-state index contributed by atoms with van der Waals surface area (Å²) in [5, 5.41) is 13.1. The molecule has 0 heterocycles. The molecule has 2 N–H and O–H groups in total. The Bertz CT molecular complexity index is 404. The molecule has 1 atom stereocenters. The van der Waals surface area contributed by atoms with Crippen molar-refractivity contribution in [2.24, 2.45) is 5.92 Å². The second-order valence-electron chi connectivity index (χ2n) is 4.95. The lowest BCUT2D eigenvalue weighted by atomic mass is 10.2. The Morgan fingerprint density at radius 3 is 2.79 bits per heavy atom. The van der Waals surface area contributed by atoms with Crippen molar-refractivity contribution in [2.45, 2.75) is 32.4 Å². The highest BCUT2D eigenvalue weighted by atomic mass is 16.5. The van der Waals surface area contributed by atoms with Crippen molar-refractivity contribution >= 4 is 0 Å². The van der Waals surface area contributed by atoms with Crippen LogP contribution in [-0.4, -0.2) is 31.5 Å². The Hall–Kier alpha value is -1.26. The molecule has 1 unspecified atom stereocenters. The van der Waals surface area contributed by atoms with Gasteiger partial charge < -0.3 is 19.9 Å². The maximum Gasteiger partial charge on any atom is 0.161 e. The van der Waals surface area contributed by atoms with Crippen LogP contribution in [0.5, 0.6) is 11.5 Å². The molecular formula is C15H23NO3. The number of benzene rings is 1. The molecule has 0 bridgehead atoms. The summed E-state index contributed by atoms with van der Waals surface area (Å²) in [5.41, 5.74) is 1.13. The maximum absolute atomic E-state index is 9.77. The molecule has 1 aliphatic rings. The molecule has 1 fully saturated rings. The molecule has 1 aromatic carbocycles. The Morgan fingerprint density at radius 1 is 1.37 bits per heavy atom. The van der Waals surface area contributed by atoms with E-state index >= 15 is 0 Å². The summed E-state index contributed by atoms with van der Waals surface area (Å²) in [6.07, 6.45) is 2.13. The van der Waals surface area contributed by atoms with E-state index in [-0.39, 0.29) is 6.10 Å². The van der Waals surface area contributed by atoms with Gasteiger partial charge in [0.1, 0.15) is 0 Å². The van der Waals surface area contributed by atoms with Gasteiger partial charge in [0, 0.05) is 13.1 Å². The fourth-order valence-electron chi connectivity index (χ4n) is 2.11. The zero-order valence-electron chi connectivity index (χ0n) is 11.7. The molecule has 0 aromatic heterocycles. The van der Waals surface area contributed by atoms with Crippen LogP contribution in [0, 0.1) is 5.92 Å². The normalized spacial score (nSPS) is 16.2. The number of rotatable bonds is 8. The van der Waals surface area contributed by atoms with E-state index < -0.39 is 0 Å². The molecule has 4 heteroatoms. The zero-order chi connectivity index (χ0) is 13.7. The van der Waals surface area contributed by atoms with E-state index in [9.17, 15) is 5.11 Å². The zero-order valence-corrected chi connectivity index (χ0v) is 11.7. The quantitative estimate of drug-likeness (QED) is 0.754. The Labute approximate surface area is 114 Å². The highest BCUT2D eigenvalue weighted by Crippen LogP contribution is 2.32. The molecule has 1 aromatic rings. The molecule has 0 amide bonds. The van der Waals surface area contributed by atoms with Crippen molar-refractivity contribution in [2.75, 3.05) is 20.3 Å². The summed E-state index contributed by atoms with van der Waals surface area (Å²) in [6, 6.07) is 5.92. The molecule has 0 aliphatic heterocycles. The van der Waals surface area contributed by atoms with Crippen molar-refractivity contribution in [3.8, 4) is 11.5 Å². The third-order valence-corrected chi connectivity index (χ3v) is 3.38. The van der Waals surface area contributed by atoms with Crippen LogP contribution in [-0.2, 0) is 6.54 Å². The van der Waals surface area contributed by atoms with Crippen LogP contribution in [0.4, 0.5) is 0 Å². The van der Waals surface area contributed by atoms with Crippen LogP contribution in [0.15, 0.2) is 18.2 Å². The summed E-state index contributed by atoms with van der Waals surface area (Å²) in [4.78, 5) is 0. The first kappa shape index (κ1) is 14.2. The number of hydrogen-bond acceptors (Lipinski definition) is 4. The minimum atomic E-state index is -0.204. The summed E-state index contributed by atoms with van der Waals surface area (Å²) < 4.78 is 10.8. The molecule has 2 rings (SSSR count). The molecule has 0 spiro atoms. The monoisotopic (exact) mass is 265 g/mol. The third kappa shape index (κ3) is 4.11. The first-order valence-corrected chi connectivity index (χ1v) is 6.93. The number of nitrogens with one attached hydrogen (secondary N) is 1. The van der Waals surface area contributed by atoms with E-state index in [1.807, 2.05) is 25.1 Å². The van der Waals surface area contributed by atoms with Crippen molar-refractivity contribution < 1.29 is 14.6 Å². The predicted molar refractivity (Wildman–Crippen MR) is 74.6 cm³/mol. The number of ether oxygens (including phenoxy) is 2. The van der Waals surface area contributed by atoms with Crippen molar-refractivity contribution in [1.82, 2.24) is 5.32 Å². The Morgan fingerprint density at radius 2 is 2.16 bits per heavy atom. The third-order valence-electron chi connectivity index (χ3n) is 3.38. The lowest BCUT2D eigenvalue weighted by Gasteiger charge is -2.13. The largest absolute Gasteiger partial charge is 0.493 e. The second-order valence-corrected chi connectivity index (χ2v) is 4.95. The summed E-state index contributed by atoms with van der Waals surface area (Å²) in [6.45, 7) is 3.96. The van der Waals surface area contributed by atoms with Crippen LogP contribution in [0.1, 0.15) is 25.3 Å².